The molecule has 0 unspecified atom stereocenters. The van der Waals surface area contributed by atoms with Gasteiger partial charge < -0.3 is 5.32 Å². The number of aromatic amines is 1. The molecule has 2 aromatic heterocycles. The first-order chi connectivity index (χ1) is 12.4. The third-order valence-electron chi connectivity index (χ3n) is 4.35. The van der Waals surface area contributed by atoms with E-state index in [1.807, 2.05) is 25.1 Å². The highest BCUT2D eigenvalue weighted by atomic mass is 16.5. The number of aromatic nitrogens is 3. The number of nitrogens with zero attached hydrogens (tertiary/aromatic N) is 2. The molecule has 0 atom stereocenters. The fraction of sp³-hybridized carbons (Fsp3) is 0.263. The Morgan fingerprint density at radius 1 is 1.23 bits per heavy atom. The smallest absolute Gasteiger partial charge is 0.351 e. The van der Waals surface area contributed by atoms with E-state index in [0.717, 1.165) is 11.1 Å². The van der Waals surface area contributed by atoms with Gasteiger partial charge in [0.05, 0.1) is 0 Å². The van der Waals surface area contributed by atoms with Crippen molar-refractivity contribution in [2.45, 2.75) is 26.2 Å². The molecule has 1 aromatic carbocycles. The summed E-state index contributed by atoms with van der Waals surface area (Å²) in [5.74, 6) is -0.524. The van der Waals surface area contributed by atoms with Crippen molar-refractivity contribution in [3.05, 3.63) is 70.0 Å². The minimum atomic E-state index is -0.634. The summed E-state index contributed by atoms with van der Waals surface area (Å²) in [5, 5.41) is 6.65. The van der Waals surface area contributed by atoms with E-state index in [2.05, 4.69) is 38.8 Å². The average molecular weight is 352 g/mol. The predicted molar refractivity (Wildman–Crippen MR) is 96.9 cm³/mol. The highest BCUT2D eigenvalue weighted by Crippen LogP contribution is 2.22. The predicted octanol–water partition coefficient (Wildman–Crippen LogP) is 2.44. The van der Waals surface area contributed by atoms with E-state index in [1.54, 1.807) is 24.5 Å². The molecule has 0 spiro atoms. The van der Waals surface area contributed by atoms with Gasteiger partial charge >= 0.3 is 5.76 Å². The zero-order chi connectivity index (χ0) is 18.7. The van der Waals surface area contributed by atoms with Gasteiger partial charge in [0.15, 0.2) is 5.82 Å². The average Bonchev–Trinajstić information content (AvgIpc) is 3.07. The second kappa shape index (κ2) is 6.95. The van der Waals surface area contributed by atoms with Crippen LogP contribution in [0.2, 0.25) is 0 Å². The first kappa shape index (κ1) is 17.6. The molecular formula is C19H20N4O3. The van der Waals surface area contributed by atoms with E-state index < -0.39 is 5.76 Å². The lowest BCUT2D eigenvalue weighted by atomic mass is 9.85. The molecule has 0 aliphatic heterocycles. The van der Waals surface area contributed by atoms with Crippen molar-refractivity contribution in [1.82, 2.24) is 20.4 Å². The van der Waals surface area contributed by atoms with Crippen LogP contribution in [0.25, 0.3) is 11.4 Å². The summed E-state index contributed by atoms with van der Waals surface area (Å²) in [6.45, 7) is 6.45. The molecule has 0 radical (unpaired) electrons. The Bertz CT molecular complexity index is 974. The molecule has 7 nitrogen and oxygen atoms in total. The van der Waals surface area contributed by atoms with E-state index in [-0.39, 0.29) is 11.3 Å². The summed E-state index contributed by atoms with van der Waals surface area (Å²) >= 11 is 0. The Labute approximate surface area is 150 Å². The van der Waals surface area contributed by atoms with E-state index >= 15 is 0 Å². The van der Waals surface area contributed by atoms with Gasteiger partial charge in [0.1, 0.15) is 0 Å². The van der Waals surface area contributed by atoms with Crippen molar-refractivity contribution in [2.75, 3.05) is 6.54 Å². The van der Waals surface area contributed by atoms with Crippen molar-refractivity contribution in [1.29, 1.82) is 0 Å². The Balaban J connectivity index is 1.78. The Kier molecular flexibility index (Phi) is 4.71. The minimum absolute atomic E-state index is 0.183. The molecule has 3 rings (SSSR count). The molecule has 0 bridgehead atoms. The van der Waals surface area contributed by atoms with Crippen LogP contribution in [-0.4, -0.2) is 27.6 Å². The molecular weight excluding hydrogens is 332 g/mol. The maximum absolute atomic E-state index is 12.7. The van der Waals surface area contributed by atoms with Crippen LogP contribution in [0, 0.1) is 6.92 Å². The molecule has 0 aliphatic carbocycles. The highest BCUT2D eigenvalue weighted by molar-refractivity contribution is 5.96. The van der Waals surface area contributed by atoms with E-state index in [4.69, 9.17) is 0 Å². The van der Waals surface area contributed by atoms with Gasteiger partial charge in [-0.1, -0.05) is 31.1 Å². The first-order valence-corrected chi connectivity index (χ1v) is 8.22. The molecule has 0 saturated carbocycles. The molecule has 7 heteroatoms. The fourth-order valence-corrected chi connectivity index (χ4v) is 2.67. The number of benzene rings is 1. The minimum Gasteiger partial charge on any atom is -0.351 e. The van der Waals surface area contributed by atoms with Crippen LogP contribution in [0.15, 0.2) is 52.0 Å². The van der Waals surface area contributed by atoms with Gasteiger partial charge in [-0.3, -0.25) is 19.3 Å². The molecule has 1 amide bonds. The zero-order valence-corrected chi connectivity index (χ0v) is 14.9. The summed E-state index contributed by atoms with van der Waals surface area (Å²) < 4.78 is 4.52. The SMILES string of the molecule is Cc1ccc(-c2noc(=O)[nH]2)cc1C(=O)NCC(C)(C)c1ccncc1. The van der Waals surface area contributed by atoms with E-state index in [9.17, 15) is 9.59 Å². The zero-order valence-electron chi connectivity index (χ0n) is 14.9. The number of aryl methyl sites for hydroxylation is 1. The second-order valence-electron chi connectivity index (χ2n) is 6.78. The van der Waals surface area contributed by atoms with Gasteiger partial charge in [-0.15, -0.1) is 0 Å². The fourth-order valence-electron chi connectivity index (χ4n) is 2.67. The second-order valence-corrected chi connectivity index (χ2v) is 6.78. The summed E-state index contributed by atoms with van der Waals surface area (Å²) in [7, 11) is 0. The molecule has 26 heavy (non-hydrogen) atoms. The lowest BCUT2D eigenvalue weighted by Crippen LogP contribution is -2.37. The summed E-state index contributed by atoms with van der Waals surface area (Å²) in [4.78, 5) is 30.3. The van der Waals surface area contributed by atoms with Crippen LogP contribution >= 0.6 is 0 Å². The molecule has 134 valence electrons. The number of hydrogen-bond donors (Lipinski definition) is 2. The third kappa shape index (κ3) is 3.72. The van der Waals surface area contributed by atoms with Crippen LogP contribution < -0.4 is 11.1 Å². The van der Waals surface area contributed by atoms with Crippen LogP contribution in [0.1, 0.15) is 35.3 Å². The highest BCUT2D eigenvalue weighted by Gasteiger charge is 2.22. The number of carbonyl (C=O) groups is 1. The summed E-state index contributed by atoms with van der Waals surface area (Å²) in [6.07, 6.45) is 3.48. The Hall–Kier alpha value is -3.22. The number of hydrogen-bond acceptors (Lipinski definition) is 5. The Morgan fingerprint density at radius 2 is 1.96 bits per heavy atom. The van der Waals surface area contributed by atoms with Gasteiger partial charge in [-0.05, 0) is 36.2 Å². The molecule has 2 heterocycles. The molecule has 0 aliphatic rings. The van der Waals surface area contributed by atoms with Gasteiger partial charge in [0.25, 0.3) is 5.91 Å². The van der Waals surface area contributed by atoms with Crippen molar-refractivity contribution in [3.8, 4) is 11.4 Å². The summed E-state index contributed by atoms with van der Waals surface area (Å²) in [5.41, 5.74) is 2.83. The summed E-state index contributed by atoms with van der Waals surface area (Å²) in [6, 6.07) is 9.17. The number of nitrogens with one attached hydrogen (secondary N) is 2. The number of carbonyl (C=O) groups excluding carboxylic acids is 1. The largest absolute Gasteiger partial charge is 0.439 e. The topological polar surface area (TPSA) is 101 Å². The van der Waals surface area contributed by atoms with E-state index in [1.165, 1.54) is 0 Å². The van der Waals surface area contributed by atoms with Gasteiger partial charge in [0.2, 0.25) is 0 Å². The van der Waals surface area contributed by atoms with Gasteiger partial charge in [-0.2, -0.15) is 0 Å². The molecule has 3 aromatic rings. The number of H-pyrrole nitrogens is 1. The maximum Gasteiger partial charge on any atom is 0.439 e. The number of pyridine rings is 1. The number of rotatable bonds is 5. The maximum atomic E-state index is 12.7. The van der Waals surface area contributed by atoms with Crippen molar-refractivity contribution in [2.24, 2.45) is 0 Å². The van der Waals surface area contributed by atoms with Crippen LogP contribution in [0.4, 0.5) is 0 Å². The third-order valence-corrected chi connectivity index (χ3v) is 4.35. The quantitative estimate of drug-likeness (QED) is 0.734. The first-order valence-electron chi connectivity index (χ1n) is 8.22. The van der Waals surface area contributed by atoms with Crippen LogP contribution in [0.5, 0.6) is 0 Å². The lowest BCUT2D eigenvalue weighted by molar-refractivity contribution is 0.0945. The molecule has 0 fully saturated rings. The van der Waals surface area contributed by atoms with Crippen LogP contribution in [0.3, 0.4) is 0 Å². The van der Waals surface area contributed by atoms with Crippen molar-refractivity contribution >= 4 is 5.91 Å². The molecule has 0 saturated heterocycles. The Morgan fingerprint density at radius 3 is 2.62 bits per heavy atom. The van der Waals surface area contributed by atoms with Crippen molar-refractivity contribution < 1.29 is 9.32 Å². The lowest BCUT2D eigenvalue weighted by Gasteiger charge is -2.25. The normalized spacial score (nSPS) is 11.3. The monoisotopic (exact) mass is 352 g/mol. The number of amides is 1. The van der Waals surface area contributed by atoms with Crippen molar-refractivity contribution in [3.63, 3.8) is 0 Å². The van der Waals surface area contributed by atoms with E-state index in [0.29, 0.717) is 23.5 Å². The van der Waals surface area contributed by atoms with Gasteiger partial charge in [0, 0.05) is 35.5 Å². The van der Waals surface area contributed by atoms with Gasteiger partial charge in [-0.25, -0.2) is 4.79 Å². The standard InChI is InChI=1S/C19H20N4O3/c1-12-4-5-13(16-22-18(25)26-23-16)10-15(12)17(24)21-11-19(2,3)14-6-8-20-9-7-14/h4-10H,11H2,1-3H3,(H,21,24)(H,22,23,25). The molecule has 2 N–H and O–H groups in total. The van der Waals surface area contributed by atoms with Crippen LogP contribution in [-0.2, 0) is 5.41 Å².